The number of alkyl halides is 3. The molecule has 0 aliphatic heterocycles. The predicted molar refractivity (Wildman–Crippen MR) is 120 cm³/mol. The molecule has 178 valence electrons. The second-order valence-corrected chi connectivity index (χ2v) is 7.22. The van der Waals surface area contributed by atoms with E-state index in [9.17, 15) is 22.8 Å². The predicted octanol–water partition coefficient (Wildman–Crippen LogP) is 5.03. The molecule has 0 fully saturated rings. The maximum atomic E-state index is 12.9. The number of halogens is 3. The monoisotopic (exact) mass is 482 g/mol. The fraction of sp³-hybridized carbons (Fsp3) is 0.0833. The SMILES string of the molecule is O=C(COc1ccc(-c2nnco2)cc1)Nc1cccc(C(=O)Nc2cccc(C(F)(F)F)c2)c1. The summed E-state index contributed by atoms with van der Waals surface area (Å²) in [7, 11) is 0. The third-order valence-corrected chi connectivity index (χ3v) is 4.69. The van der Waals surface area contributed by atoms with Gasteiger partial charge in [0.15, 0.2) is 6.61 Å². The van der Waals surface area contributed by atoms with Crippen LogP contribution >= 0.6 is 0 Å². The average molecular weight is 482 g/mol. The van der Waals surface area contributed by atoms with Gasteiger partial charge in [0.2, 0.25) is 12.3 Å². The topological polar surface area (TPSA) is 106 Å². The summed E-state index contributed by atoms with van der Waals surface area (Å²) in [4.78, 5) is 24.8. The lowest BCUT2D eigenvalue weighted by atomic mass is 10.1. The number of aromatic nitrogens is 2. The first-order valence-electron chi connectivity index (χ1n) is 10.2. The molecule has 4 aromatic rings. The zero-order valence-corrected chi connectivity index (χ0v) is 17.9. The van der Waals surface area contributed by atoms with E-state index in [1.165, 1.54) is 36.7 Å². The van der Waals surface area contributed by atoms with E-state index < -0.39 is 23.6 Å². The van der Waals surface area contributed by atoms with Crippen molar-refractivity contribution in [2.45, 2.75) is 6.18 Å². The van der Waals surface area contributed by atoms with Crippen LogP contribution in [-0.4, -0.2) is 28.6 Å². The first-order valence-corrected chi connectivity index (χ1v) is 10.2. The van der Waals surface area contributed by atoms with Gasteiger partial charge < -0.3 is 19.8 Å². The van der Waals surface area contributed by atoms with Gasteiger partial charge in [0.25, 0.3) is 11.8 Å². The number of ether oxygens (including phenoxy) is 1. The normalized spacial score (nSPS) is 11.1. The lowest BCUT2D eigenvalue weighted by molar-refractivity contribution is -0.137. The van der Waals surface area contributed by atoms with E-state index in [1.807, 2.05) is 0 Å². The Bertz CT molecular complexity index is 1320. The highest BCUT2D eigenvalue weighted by molar-refractivity contribution is 6.05. The summed E-state index contributed by atoms with van der Waals surface area (Å²) >= 11 is 0. The number of amides is 2. The van der Waals surface area contributed by atoms with Crippen LogP contribution in [0.5, 0.6) is 5.75 Å². The van der Waals surface area contributed by atoms with Gasteiger partial charge >= 0.3 is 6.18 Å². The Morgan fingerprint density at radius 1 is 0.914 bits per heavy atom. The number of carbonyl (C=O) groups excluding carboxylic acids is 2. The van der Waals surface area contributed by atoms with Gasteiger partial charge in [-0.3, -0.25) is 9.59 Å². The van der Waals surface area contributed by atoms with E-state index in [4.69, 9.17) is 9.15 Å². The quantitative estimate of drug-likeness (QED) is 0.383. The number of hydrogen-bond acceptors (Lipinski definition) is 6. The second-order valence-electron chi connectivity index (χ2n) is 7.22. The van der Waals surface area contributed by atoms with Gasteiger partial charge in [-0.15, -0.1) is 10.2 Å². The van der Waals surface area contributed by atoms with Crippen molar-refractivity contribution >= 4 is 23.2 Å². The molecule has 0 aliphatic rings. The Morgan fingerprint density at radius 2 is 1.63 bits per heavy atom. The molecule has 0 bridgehead atoms. The van der Waals surface area contributed by atoms with E-state index in [-0.39, 0.29) is 17.9 Å². The third kappa shape index (κ3) is 6.22. The average Bonchev–Trinajstić information content (AvgIpc) is 3.38. The zero-order valence-electron chi connectivity index (χ0n) is 17.9. The molecule has 0 radical (unpaired) electrons. The van der Waals surface area contributed by atoms with Crippen LogP contribution in [0.1, 0.15) is 15.9 Å². The summed E-state index contributed by atoms with van der Waals surface area (Å²) in [6.07, 6.45) is -3.31. The summed E-state index contributed by atoms with van der Waals surface area (Å²) in [5.41, 5.74) is 0.290. The lowest BCUT2D eigenvalue weighted by Crippen LogP contribution is -2.20. The Labute approximate surface area is 196 Å². The molecule has 0 atom stereocenters. The van der Waals surface area contributed by atoms with Gasteiger partial charge in [0.05, 0.1) is 5.56 Å². The molecule has 2 N–H and O–H groups in total. The van der Waals surface area contributed by atoms with E-state index in [0.29, 0.717) is 22.9 Å². The maximum absolute atomic E-state index is 12.9. The number of nitrogens with one attached hydrogen (secondary N) is 2. The molecule has 11 heteroatoms. The molecular formula is C24H17F3N4O4. The molecular weight excluding hydrogens is 465 g/mol. The van der Waals surface area contributed by atoms with Crippen molar-refractivity contribution in [3.05, 3.63) is 90.3 Å². The Morgan fingerprint density at radius 3 is 2.31 bits per heavy atom. The standard InChI is InChI=1S/C24H17F3N4O4/c25-24(26,27)17-4-2-6-19(12-17)30-22(33)16-3-1-5-18(11-16)29-21(32)13-34-20-9-7-15(8-10-20)23-31-28-14-35-23/h1-12,14H,13H2,(H,29,32)(H,30,33). The first-order chi connectivity index (χ1) is 16.8. The number of rotatable bonds is 7. The molecule has 0 unspecified atom stereocenters. The number of anilines is 2. The number of carbonyl (C=O) groups is 2. The molecule has 35 heavy (non-hydrogen) atoms. The summed E-state index contributed by atoms with van der Waals surface area (Å²) in [5.74, 6) is -0.302. The minimum absolute atomic E-state index is 0.00206. The van der Waals surface area contributed by atoms with Crippen LogP contribution in [0.3, 0.4) is 0 Å². The number of benzene rings is 3. The minimum atomic E-state index is -4.52. The third-order valence-electron chi connectivity index (χ3n) is 4.69. The van der Waals surface area contributed by atoms with Crippen molar-refractivity contribution in [2.75, 3.05) is 17.2 Å². The number of hydrogen-bond donors (Lipinski definition) is 2. The molecule has 3 aromatic carbocycles. The van der Waals surface area contributed by atoms with Gasteiger partial charge in [-0.1, -0.05) is 12.1 Å². The van der Waals surface area contributed by atoms with Crippen LogP contribution in [0.4, 0.5) is 24.5 Å². The summed E-state index contributed by atoms with van der Waals surface area (Å²) in [6.45, 7) is -0.291. The van der Waals surface area contributed by atoms with Gasteiger partial charge in [-0.05, 0) is 60.7 Å². The summed E-state index contributed by atoms with van der Waals surface area (Å²) in [6, 6.07) is 17.0. The fourth-order valence-electron chi connectivity index (χ4n) is 3.05. The van der Waals surface area contributed by atoms with Crippen LogP contribution in [0, 0.1) is 0 Å². The molecule has 4 rings (SSSR count). The van der Waals surface area contributed by atoms with Crippen LogP contribution in [0.2, 0.25) is 0 Å². The molecule has 2 amide bonds. The van der Waals surface area contributed by atoms with Crippen molar-refractivity contribution in [1.29, 1.82) is 0 Å². The number of nitrogens with zero attached hydrogens (tertiary/aromatic N) is 2. The molecule has 0 aliphatic carbocycles. The van der Waals surface area contributed by atoms with E-state index in [0.717, 1.165) is 12.1 Å². The van der Waals surface area contributed by atoms with Crippen molar-refractivity contribution in [2.24, 2.45) is 0 Å². The zero-order chi connectivity index (χ0) is 24.8. The van der Waals surface area contributed by atoms with Gasteiger partial charge in [-0.2, -0.15) is 13.2 Å². The Kier molecular flexibility index (Phi) is 6.76. The smallest absolute Gasteiger partial charge is 0.416 e. The minimum Gasteiger partial charge on any atom is -0.484 e. The van der Waals surface area contributed by atoms with Crippen LogP contribution in [0.25, 0.3) is 11.5 Å². The van der Waals surface area contributed by atoms with Gasteiger partial charge in [0, 0.05) is 22.5 Å². The van der Waals surface area contributed by atoms with Crippen molar-refractivity contribution < 1.29 is 31.9 Å². The molecule has 0 saturated carbocycles. The fourth-order valence-corrected chi connectivity index (χ4v) is 3.05. The largest absolute Gasteiger partial charge is 0.484 e. The lowest BCUT2D eigenvalue weighted by Gasteiger charge is -2.11. The van der Waals surface area contributed by atoms with Crippen LogP contribution in [-0.2, 0) is 11.0 Å². The second kappa shape index (κ2) is 10.1. The molecule has 1 heterocycles. The van der Waals surface area contributed by atoms with E-state index >= 15 is 0 Å². The highest BCUT2D eigenvalue weighted by atomic mass is 19.4. The molecule has 0 spiro atoms. The highest BCUT2D eigenvalue weighted by Crippen LogP contribution is 2.30. The van der Waals surface area contributed by atoms with Gasteiger partial charge in [0.1, 0.15) is 5.75 Å². The maximum Gasteiger partial charge on any atom is 0.416 e. The van der Waals surface area contributed by atoms with E-state index in [1.54, 1.807) is 30.3 Å². The highest BCUT2D eigenvalue weighted by Gasteiger charge is 2.30. The molecule has 8 nitrogen and oxygen atoms in total. The summed E-state index contributed by atoms with van der Waals surface area (Å²) in [5, 5.41) is 12.4. The first kappa shape index (κ1) is 23.5. The molecule has 0 saturated heterocycles. The molecule has 1 aromatic heterocycles. The summed E-state index contributed by atoms with van der Waals surface area (Å²) < 4.78 is 49.2. The van der Waals surface area contributed by atoms with Crippen molar-refractivity contribution in [3.8, 4) is 17.2 Å². The van der Waals surface area contributed by atoms with Crippen molar-refractivity contribution in [3.63, 3.8) is 0 Å². The Balaban J connectivity index is 1.33. The van der Waals surface area contributed by atoms with Crippen LogP contribution in [0.15, 0.2) is 83.6 Å². The van der Waals surface area contributed by atoms with Crippen molar-refractivity contribution in [1.82, 2.24) is 10.2 Å². The van der Waals surface area contributed by atoms with Gasteiger partial charge in [-0.25, -0.2) is 0 Å². The Hall–Kier alpha value is -4.67. The van der Waals surface area contributed by atoms with E-state index in [2.05, 4.69) is 20.8 Å². The van der Waals surface area contributed by atoms with Crippen LogP contribution < -0.4 is 15.4 Å².